The fourth-order valence-electron chi connectivity index (χ4n) is 11.5. The molecule has 0 amide bonds. The molecule has 1 spiro atoms. The topological polar surface area (TPSA) is 62.5 Å². The average Bonchev–Trinajstić information content (AvgIpc) is 3.54. The summed E-state index contributed by atoms with van der Waals surface area (Å²) >= 11 is 0. The van der Waals surface area contributed by atoms with Gasteiger partial charge in [0.05, 0.1) is 11.6 Å². The zero-order valence-corrected chi connectivity index (χ0v) is 31.6. The van der Waals surface area contributed by atoms with Crippen LogP contribution in [0.25, 0.3) is 67.5 Å². The molecule has 4 fully saturated rings. The Bertz CT molecular complexity index is 2680. The van der Waals surface area contributed by atoms with Crippen molar-refractivity contribution >= 4 is 0 Å². The van der Waals surface area contributed by atoms with Crippen molar-refractivity contribution in [1.29, 1.82) is 5.26 Å². The minimum absolute atomic E-state index is 0.0767. The second-order valence-corrected chi connectivity index (χ2v) is 16.7. The van der Waals surface area contributed by atoms with Gasteiger partial charge in [0, 0.05) is 22.1 Å². The lowest BCUT2D eigenvalue weighted by atomic mass is 9.43. The van der Waals surface area contributed by atoms with Crippen molar-refractivity contribution < 1.29 is 0 Å². The molecule has 0 radical (unpaired) electrons. The van der Waals surface area contributed by atoms with Crippen molar-refractivity contribution in [3.05, 3.63) is 162 Å². The van der Waals surface area contributed by atoms with E-state index >= 15 is 0 Å². The Kier molecular flexibility index (Phi) is 7.68. The highest BCUT2D eigenvalue weighted by Gasteiger charge is 2.61. The molecule has 5 aliphatic rings. The van der Waals surface area contributed by atoms with Gasteiger partial charge in [0.2, 0.25) is 0 Å². The van der Waals surface area contributed by atoms with Crippen LogP contribution in [0.4, 0.5) is 0 Å². The van der Waals surface area contributed by atoms with Gasteiger partial charge in [0.15, 0.2) is 17.5 Å². The second-order valence-electron chi connectivity index (χ2n) is 16.7. The van der Waals surface area contributed by atoms with E-state index in [1.165, 1.54) is 65.5 Å². The summed E-state index contributed by atoms with van der Waals surface area (Å²) in [4.78, 5) is 15.6. The standard InChI is InChI=1S/C52H42N4/c1-2-34-28-46-45-20-19-41(29-47(45)52(48(46)30-42(34)31-53)43-22-32-21-33(24-43)25-44(52)23-32)51-55-49(36-13-7-4-8-14-36)54-50(56-51)40-18-10-17-39(27-40)38-16-9-15-37(26-38)35-11-5-3-6-12-35/h3-20,26-30,32-33,43-44H,2,21-25H2,1H3. The summed E-state index contributed by atoms with van der Waals surface area (Å²) in [6.07, 6.45) is 7.39. The number of rotatable bonds is 6. The number of fused-ring (bicyclic) bond motifs is 3. The molecule has 0 aliphatic heterocycles. The largest absolute Gasteiger partial charge is 0.208 e. The predicted molar refractivity (Wildman–Crippen MR) is 224 cm³/mol. The maximum atomic E-state index is 10.3. The molecule has 1 aromatic heterocycles. The number of hydrogen-bond donors (Lipinski definition) is 0. The maximum absolute atomic E-state index is 10.3. The van der Waals surface area contributed by atoms with Gasteiger partial charge in [-0.2, -0.15) is 5.26 Å². The van der Waals surface area contributed by atoms with Gasteiger partial charge >= 0.3 is 0 Å². The Hall–Kier alpha value is -6.18. The van der Waals surface area contributed by atoms with E-state index in [0.717, 1.165) is 57.2 Å². The van der Waals surface area contributed by atoms with Crippen LogP contribution in [0.3, 0.4) is 0 Å². The van der Waals surface area contributed by atoms with Crippen LogP contribution in [0.5, 0.6) is 0 Å². The van der Waals surface area contributed by atoms with Crippen LogP contribution >= 0.6 is 0 Å². The summed E-state index contributed by atoms with van der Waals surface area (Å²) in [6.45, 7) is 2.17. The van der Waals surface area contributed by atoms with Crippen molar-refractivity contribution in [3.63, 3.8) is 0 Å². The van der Waals surface area contributed by atoms with Crippen LogP contribution in [0.2, 0.25) is 0 Å². The SMILES string of the molecule is CCc1cc2c(cc1C#N)C1(c3cc(-c4nc(-c5ccccc5)nc(-c5cccc(-c6cccc(-c7ccccc7)c6)c5)n4)ccc3-2)C2CC3CC(C2)CC1C3. The number of hydrogen-bond acceptors (Lipinski definition) is 4. The maximum Gasteiger partial charge on any atom is 0.164 e. The Morgan fingerprint density at radius 2 is 1.00 bits per heavy atom. The Balaban J connectivity index is 1.06. The number of aryl methyl sites for hydroxylation is 1. The summed E-state index contributed by atoms with van der Waals surface area (Å²) < 4.78 is 0. The summed E-state index contributed by atoms with van der Waals surface area (Å²) in [5.41, 5.74) is 15.0. The minimum atomic E-state index is -0.0767. The van der Waals surface area contributed by atoms with E-state index in [2.05, 4.69) is 134 Å². The molecule has 5 aliphatic carbocycles. The fraction of sp³-hybridized carbons (Fsp3) is 0.231. The first-order valence-corrected chi connectivity index (χ1v) is 20.4. The third-order valence-electron chi connectivity index (χ3n) is 13.7. The highest BCUT2D eigenvalue weighted by molar-refractivity contribution is 5.86. The molecule has 0 saturated heterocycles. The van der Waals surface area contributed by atoms with E-state index in [0.29, 0.717) is 29.3 Å². The second kappa shape index (κ2) is 13.0. The first-order valence-electron chi connectivity index (χ1n) is 20.4. The van der Waals surface area contributed by atoms with E-state index in [9.17, 15) is 5.26 Å². The lowest BCUT2D eigenvalue weighted by Gasteiger charge is -2.61. The highest BCUT2D eigenvalue weighted by atomic mass is 15.0. The molecule has 0 atom stereocenters. The molecule has 56 heavy (non-hydrogen) atoms. The molecule has 7 aromatic rings. The Morgan fingerprint density at radius 1 is 0.500 bits per heavy atom. The molecule has 270 valence electrons. The van der Waals surface area contributed by atoms with Crippen molar-refractivity contribution in [2.45, 2.75) is 50.9 Å². The predicted octanol–water partition coefficient (Wildman–Crippen LogP) is 12.4. The van der Waals surface area contributed by atoms with Crippen molar-refractivity contribution in [3.8, 4) is 73.6 Å². The van der Waals surface area contributed by atoms with Crippen molar-refractivity contribution in [2.75, 3.05) is 0 Å². The zero-order chi connectivity index (χ0) is 37.4. The quantitative estimate of drug-likeness (QED) is 0.171. The highest BCUT2D eigenvalue weighted by Crippen LogP contribution is 2.69. The van der Waals surface area contributed by atoms with E-state index in [-0.39, 0.29) is 5.41 Å². The third-order valence-corrected chi connectivity index (χ3v) is 13.7. The zero-order valence-electron chi connectivity index (χ0n) is 31.6. The minimum Gasteiger partial charge on any atom is -0.208 e. The van der Waals surface area contributed by atoms with Crippen LogP contribution in [0.1, 0.15) is 61.3 Å². The van der Waals surface area contributed by atoms with Crippen molar-refractivity contribution in [2.24, 2.45) is 23.7 Å². The van der Waals surface area contributed by atoms with E-state index in [4.69, 9.17) is 15.0 Å². The van der Waals surface area contributed by atoms with Crippen LogP contribution in [0, 0.1) is 35.0 Å². The van der Waals surface area contributed by atoms with E-state index in [1.54, 1.807) is 0 Å². The number of nitrogens with zero attached hydrogens (tertiary/aromatic N) is 4. The van der Waals surface area contributed by atoms with Gasteiger partial charge < -0.3 is 0 Å². The Labute approximate surface area is 329 Å². The first-order chi connectivity index (χ1) is 27.6. The number of aromatic nitrogens is 3. The summed E-state index contributed by atoms with van der Waals surface area (Å²) in [5, 5.41) is 10.3. The van der Waals surface area contributed by atoms with Crippen LogP contribution in [-0.4, -0.2) is 15.0 Å². The molecule has 4 saturated carbocycles. The Morgan fingerprint density at radius 3 is 1.61 bits per heavy atom. The number of benzene rings is 6. The molecule has 0 unspecified atom stereocenters. The monoisotopic (exact) mass is 722 g/mol. The van der Waals surface area contributed by atoms with Gasteiger partial charge in [-0.3, -0.25) is 0 Å². The van der Waals surface area contributed by atoms with Crippen LogP contribution in [0.15, 0.2) is 140 Å². The summed E-state index contributed by atoms with van der Waals surface area (Å²) in [6, 6.07) is 52.4. The van der Waals surface area contributed by atoms with Crippen LogP contribution in [-0.2, 0) is 11.8 Å². The first kappa shape index (κ1) is 33.2. The van der Waals surface area contributed by atoms with E-state index < -0.39 is 0 Å². The molecule has 4 bridgehead atoms. The average molecular weight is 723 g/mol. The fourth-order valence-corrected chi connectivity index (χ4v) is 11.5. The smallest absolute Gasteiger partial charge is 0.164 e. The molecular weight excluding hydrogens is 681 g/mol. The molecule has 4 nitrogen and oxygen atoms in total. The lowest BCUT2D eigenvalue weighted by Crippen LogP contribution is -2.55. The normalized spacial score (nSPS) is 22.5. The molecule has 12 rings (SSSR count). The van der Waals surface area contributed by atoms with Gasteiger partial charge in [-0.25, -0.2) is 15.0 Å². The lowest BCUT2D eigenvalue weighted by molar-refractivity contribution is -0.0399. The number of nitriles is 1. The molecule has 1 heterocycles. The summed E-state index contributed by atoms with van der Waals surface area (Å²) in [7, 11) is 0. The molecule has 0 N–H and O–H groups in total. The van der Waals surface area contributed by atoms with E-state index in [1.807, 2.05) is 18.2 Å². The summed E-state index contributed by atoms with van der Waals surface area (Å²) in [5.74, 6) is 4.86. The van der Waals surface area contributed by atoms with Gasteiger partial charge in [0.25, 0.3) is 0 Å². The molecule has 6 aromatic carbocycles. The molecule has 4 heteroatoms. The van der Waals surface area contributed by atoms with Gasteiger partial charge in [-0.05, 0) is 143 Å². The van der Waals surface area contributed by atoms with Crippen LogP contribution < -0.4 is 0 Å². The van der Waals surface area contributed by atoms with Crippen molar-refractivity contribution in [1.82, 2.24) is 15.0 Å². The van der Waals surface area contributed by atoms with Gasteiger partial charge in [-0.1, -0.05) is 116 Å². The molecular formula is C52H42N4. The van der Waals surface area contributed by atoms with Gasteiger partial charge in [0.1, 0.15) is 0 Å². The van der Waals surface area contributed by atoms with Gasteiger partial charge in [-0.15, -0.1) is 0 Å². The third kappa shape index (κ3) is 5.14.